The Balaban J connectivity index is 2.17. The minimum Gasteiger partial charge on any atom is -0.114 e. The summed E-state index contributed by atoms with van der Waals surface area (Å²) in [6.45, 7) is 0. The summed E-state index contributed by atoms with van der Waals surface area (Å²) < 4.78 is 0. The molecule has 0 amide bonds. The number of nitroso groups, excluding NO2 is 1. The summed E-state index contributed by atoms with van der Waals surface area (Å²) in [6, 6.07) is 13.6. The zero-order chi connectivity index (χ0) is 12.3. The number of nitrogens with zero attached hydrogens (tertiary/aromatic N) is 1. The van der Waals surface area contributed by atoms with Crippen LogP contribution in [0.5, 0.6) is 0 Å². The number of rotatable bonds is 3. The molecule has 3 nitrogen and oxygen atoms in total. The lowest BCUT2D eigenvalue weighted by Crippen LogP contribution is -2.09. The Hall–Kier alpha value is -1.58. The first kappa shape index (κ1) is 11.9. The highest BCUT2D eigenvalue weighted by Gasteiger charge is 2.14. The van der Waals surface area contributed by atoms with Crippen LogP contribution < -0.4 is 5.43 Å². The zero-order valence-corrected chi connectivity index (χ0v) is 10.2. The molecule has 2 aromatic rings. The van der Waals surface area contributed by atoms with E-state index in [0.29, 0.717) is 26.3 Å². The normalized spacial score (nSPS) is 10.0. The predicted molar refractivity (Wildman–Crippen MR) is 69.8 cm³/mol. The van der Waals surface area contributed by atoms with Crippen molar-refractivity contribution in [2.45, 2.75) is 0 Å². The molecule has 2 rings (SSSR count). The Morgan fingerprint density at radius 1 is 0.941 bits per heavy atom. The van der Waals surface area contributed by atoms with Crippen LogP contribution in [0.1, 0.15) is 0 Å². The monoisotopic (exact) mass is 267 g/mol. The number of hydrazine groups is 1. The van der Waals surface area contributed by atoms with E-state index in [0.717, 1.165) is 0 Å². The van der Waals surface area contributed by atoms with Gasteiger partial charge < -0.3 is 0 Å². The first-order valence-corrected chi connectivity index (χ1v) is 5.66. The van der Waals surface area contributed by atoms with Gasteiger partial charge >= 0.3 is 0 Å². The molecule has 0 atom stereocenters. The summed E-state index contributed by atoms with van der Waals surface area (Å²) in [4.78, 5) is 12.4. The smallest absolute Gasteiger partial charge is 0.114 e. The van der Waals surface area contributed by atoms with Crippen LogP contribution >= 0.6 is 23.2 Å². The first-order chi connectivity index (χ1) is 8.15. The number of halogens is 2. The molecule has 1 N–H and O–H groups in total. The van der Waals surface area contributed by atoms with E-state index in [-0.39, 0.29) is 0 Å². The van der Waals surface area contributed by atoms with E-state index in [1.165, 1.54) is 0 Å². The van der Waals surface area contributed by atoms with Crippen LogP contribution in [-0.2, 0) is 0 Å². The summed E-state index contributed by atoms with van der Waals surface area (Å²) >= 11 is 11.6. The molecule has 0 radical (unpaired) electrons. The van der Waals surface area contributed by atoms with Crippen molar-refractivity contribution >= 4 is 34.6 Å². The van der Waals surface area contributed by atoms with E-state index in [1.54, 1.807) is 48.5 Å². The SMILES string of the molecule is O=[N+](Nc1cccc(Cl)c1)c1cccc(Cl)c1. The van der Waals surface area contributed by atoms with E-state index >= 15 is 0 Å². The predicted octanol–water partition coefficient (Wildman–Crippen LogP) is 4.43. The maximum atomic E-state index is 11.8. The molecule has 0 aliphatic heterocycles. The highest BCUT2D eigenvalue weighted by atomic mass is 35.5. The van der Waals surface area contributed by atoms with Crippen LogP contribution in [0.25, 0.3) is 0 Å². The average molecular weight is 268 g/mol. The minimum atomic E-state index is 0.428. The van der Waals surface area contributed by atoms with Crippen LogP contribution in [0.4, 0.5) is 11.4 Å². The molecule has 0 saturated heterocycles. The van der Waals surface area contributed by atoms with E-state index in [1.807, 2.05) is 0 Å². The topological polar surface area (TPSA) is 32.1 Å². The van der Waals surface area contributed by atoms with Crippen molar-refractivity contribution in [1.82, 2.24) is 0 Å². The number of nitrogens with one attached hydrogen (secondary N) is 1. The molecule has 0 saturated carbocycles. The van der Waals surface area contributed by atoms with Crippen molar-refractivity contribution in [3.63, 3.8) is 0 Å². The molecular weight excluding hydrogens is 259 g/mol. The molecule has 17 heavy (non-hydrogen) atoms. The van der Waals surface area contributed by atoms with Gasteiger partial charge in [0, 0.05) is 22.2 Å². The summed E-state index contributed by atoms with van der Waals surface area (Å²) in [5.74, 6) is 0. The van der Waals surface area contributed by atoms with Crippen molar-refractivity contribution in [3.8, 4) is 0 Å². The first-order valence-electron chi connectivity index (χ1n) is 4.90. The molecule has 2 aromatic carbocycles. The third-order valence-corrected chi connectivity index (χ3v) is 2.57. The van der Waals surface area contributed by atoms with Crippen molar-refractivity contribution < 1.29 is 4.87 Å². The zero-order valence-electron chi connectivity index (χ0n) is 8.73. The van der Waals surface area contributed by atoms with E-state index < -0.39 is 0 Å². The number of benzene rings is 2. The van der Waals surface area contributed by atoms with Crippen LogP contribution in [-0.4, -0.2) is 4.87 Å². The standard InChI is InChI=1S/C12H9Cl2N2O/c13-9-3-1-5-11(7-9)15-16(17)12-6-2-4-10(14)8-12/h1-8H,(H,15,17)/q+1. The molecular formula is C12H9Cl2N2O+. The third kappa shape index (κ3) is 3.19. The maximum Gasteiger partial charge on any atom is 0.293 e. The van der Waals surface area contributed by atoms with Gasteiger partial charge in [-0.25, -0.2) is 0 Å². The summed E-state index contributed by atoms with van der Waals surface area (Å²) in [5, 5.41) is 1.07. The molecule has 86 valence electrons. The molecule has 0 aromatic heterocycles. The van der Waals surface area contributed by atoms with Gasteiger partial charge in [-0.15, -0.1) is 5.43 Å². The Kier molecular flexibility index (Phi) is 3.61. The van der Waals surface area contributed by atoms with Crippen LogP contribution in [0.3, 0.4) is 0 Å². The molecule has 0 spiro atoms. The van der Waals surface area contributed by atoms with Gasteiger partial charge in [-0.1, -0.05) is 35.3 Å². The van der Waals surface area contributed by atoms with Gasteiger partial charge in [0.05, 0.1) is 4.91 Å². The highest BCUT2D eigenvalue weighted by Crippen LogP contribution is 2.20. The number of anilines is 1. The van der Waals surface area contributed by atoms with Gasteiger partial charge in [0.2, 0.25) is 0 Å². The number of hydrogen-bond acceptors (Lipinski definition) is 1. The van der Waals surface area contributed by atoms with Crippen LogP contribution in [0, 0.1) is 4.91 Å². The lowest BCUT2D eigenvalue weighted by molar-refractivity contribution is -0.427. The molecule has 0 unspecified atom stereocenters. The Labute approximate surface area is 109 Å². The molecule has 0 heterocycles. The molecule has 0 fully saturated rings. The number of hydrogen-bond donors (Lipinski definition) is 1. The summed E-state index contributed by atoms with van der Waals surface area (Å²) in [6.07, 6.45) is 0. The third-order valence-electron chi connectivity index (χ3n) is 2.10. The molecule has 5 heteroatoms. The van der Waals surface area contributed by atoms with E-state index in [2.05, 4.69) is 5.43 Å². The van der Waals surface area contributed by atoms with Crippen molar-refractivity contribution in [2.24, 2.45) is 0 Å². The van der Waals surface area contributed by atoms with E-state index in [4.69, 9.17) is 23.2 Å². The average Bonchev–Trinajstić information content (AvgIpc) is 2.29. The fourth-order valence-corrected chi connectivity index (χ4v) is 1.72. The fourth-order valence-electron chi connectivity index (χ4n) is 1.34. The van der Waals surface area contributed by atoms with Crippen molar-refractivity contribution in [3.05, 3.63) is 63.5 Å². The largest absolute Gasteiger partial charge is 0.293 e. The van der Waals surface area contributed by atoms with Crippen molar-refractivity contribution in [1.29, 1.82) is 0 Å². The van der Waals surface area contributed by atoms with Crippen molar-refractivity contribution in [2.75, 3.05) is 5.43 Å². The second-order valence-electron chi connectivity index (χ2n) is 3.40. The van der Waals surface area contributed by atoms with Gasteiger partial charge in [0.1, 0.15) is 5.69 Å². The second-order valence-corrected chi connectivity index (χ2v) is 4.27. The van der Waals surface area contributed by atoms with Gasteiger partial charge in [0.15, 0.2) is 4.87 Å². The lowest BCUT2D eigenvalue weighted by atomic mass is 10.3. The van der Waals surface area contributed by atoms with E-state index in [9.17, 15) is 4.91 Å². The minimum absolute atomic E-state index is 0.428. The highest BCUT2D eigenvalue weighted by molar-refractivity contribution is 6.31. The molecule has 0 bridgehead atoms. The second kappa shape index (κ2) is 5.17. The summed E-state index contributed by atoms with van der Waals surface area (Å²) in [5.41, 5.74) is 3.71. The van der Waals surface area contributed by atoms with Gasteiger partial charge in [-0.2, -0.15) is 0 Å². The van der Waals surface area contributed by atoms with Gasteiger partial charge in [-0.3, -0.25) is 0 Å². The molecule has 0 aliphatic rings. The maximum absolute atomic E-state index is 11.8. The Morgan fingerprint density at radius 3 is 2.24 bits per heavy atom. The Bertz CT molecular complexity index is 558. The fraction of sp³-hybridized carbons (Fsp3) is 0. The Morgan fingerprint density at radius 2 is 1.59 bits per heavy atom. The molecule has 0 aliphatic carbocycles. The summed E-state index contributed by atoms with van der Waals surface area (Å²) in [7, 11) is 0. The van der Waals surface area contributed by atoms with Crippen LogP contribution in [0.2, 0.25) is 10.0 Å². The van der Waals surface area contributed by atoms with Crippen LogP contribution in [0.15, 0.2) is 48.5 Å². The quantitative estimate of drug-likeness (QED) is 0.659. The lowest BCUT2D eigenvalue weighted by Gasteiger charge is -1.98. The van der Waals surface area contributed by atoms with Gasteiger partial charge in [-0.05, 0) is 24.3 Å². The van der Waals surface area contributed by atoms with Gasteiger partial charge in [0.25, 0.3) is 5.69 Å².